The van der Waals surface area contributed by atoms with E-state index in [0.717, 1.165) is 27.1 Å². The monoisotopic (exact) mass is 456 g/mol. The van der Waals surface area contributed by atoms with Crippen molar-refractivity contribution in [1.29, 1.82) is 0 Å². The molecule has 0 aliphatic heterocycles. The molecule has 29 heavy (non-hydrogen) atoms. The van der Waals surface area contributed by atoms with Gasteiger partial charge in [0.05, 0.1) is 20.3 Å². The minimum atomic E-state index is -0.387. The maximum absolute atomic E-state index is 12.7. The molecule has 7 heteroatoms. The maximum Gasteiger partial charge on any atom is 0.251 e. The Balaban J connectivity index is 1.88. The summed E-state index contributed by atoms with van der Waals surface area (Å²) in [4.78, 5) is 24.8. The summed E-state index contributed by atoms with van der Waals surface area (Å²) in [6.45, 7) is -0.0823. The van der Waals surface area contributed by atoms with E-state index in [4.69, 9.17) is 9.47 Å². The Labute approximate surface area is 177 Å². The highest BCUT2D eigenvalue weighted by Crippen LogP contribution is 2.26. The van der Waals surface area contributed by atoms with Crippen LogP contribution in [0.15, 0.2) is 76.1 Å². The van der Waals surface area contributed by atoms with Crippen molar-refractivity contribution < 1.29 is 14.3 Å². The van der Waals surface area contributed by atoms with Gasteiger partial charge < -0.3 is 19.4 Å². The molecule has 3 rings (SSSR count). The fraction of sp³-hybridized carbons (Fsp3) is 0.182. The van der Waals surface area contributed by atoms with Crippen LogP contribution in [0.2, 0.25) is 0 Å². The number of rotatable bonds is 7. The summed E-state index contributed by atoms with van der Waals surface area (Å²) in [5.74, 6) is 1.19. The summed E-state index contributed by atoms with van der Waals surface area (Å²) >= 11 is 3.32. The van der Waals surface area contributed by atoms with Crippen LogP contribution in [0, 0.1) is 0 Å². The number of carbonyl (C=O) groups is 1. The van der Waals surface area contributed by atoms with Gasteiger partial charge in [0.15, 0.2) is 0 Å². The van der Waals surface area contributed by atoms with Crippen molar-refractivity contribution in [1.82, 2.24) is 9.88 Å². The fourth-order valence-corrected chi connectivity index (χ4v) is 3.32. The van der Waals surface area contributed by atoms with Crippen molar-refractivity contribution in [2.75, 3.05) is 14.2 Å². The van der Waals surface area contributed by atoms with Gasteiger partial charge in [-0.25, -0.2) is 0 Å². The van der Waals surface area contributed by atoms with E-state index in [1.165, 1.54) is 10.6 Å². The third-order valence-corrected chi connectivity index (χ3v) is 4.93. The molecular weight excluding hydrogens is 436 g/mol. The second kappa shape index (κ2) is 9.43. The minimum Gasteiger partial charge on any atom is -0.497 e. The summed E-state index contributed by atoms with van der Waals surface area (Å²) < 4.78 is 12.5. The van der Waals surface area contributed by atoms with Crippen LogP contribution in [0.1, 0.15) is 17.2 Å². The molecule has 0 saturated carbocycles. The number of aromatic nitrogens is 1. The van der Waals surface area contributed by atoms with Crippen LogP contribution < -0.4 is 20.3 Å². The van der Waals surface area contributed by atoms with E-state index in [-0.39, 0.29) is 24.1 Å². The molecule has 0 unspecified atom stereocenters. The Kier molecular flexibility index (Phi) is 6.72. The summed E-state index contributed by atoms with van der Waals surface area (Å²) in [6, 6.07) is 17.7. The number of hydrogen-bond acceptors (Lipinski definition) is 4. The lowest BCUT2D eigenvalue weighted by atomic mass is 9.98. The van der Waals surface area contributed by atoms with E-state index in [1.807, 2.05) is 48.5 Å². The van der Waals surface area contributed by atoms with E-state index < -0.39 is 0 Å². The number of nitrogens with zero attached hydrogens (tertiary/aromatic N) is 1. The molecule has 6 nitrogen and oxygen atoms in total. The lowest BCUT2D eigenvalue weighted by molar-refractivity contribution is -0.122. The number of amides is 1. The van der Waals surface area contributed by atoms with E-state index in [9.17, 15) is 9.59 Å². The van der Waals surface area contributed by atoms with Gasteiger partial charge in [-0.2, -0.15) is 0 Å². The molecule has 0 bridgehead atoms. The Morgan fingerprint density at radius 1 is 0.931 bits per heavy atom. The quantitative estimate of drug-likeness (QED) is 0.590. The van der Waals surface area contributed by atoms with Crippen molar-refractivity contribution in [3.05, 3.63) is 92.8 Å². The van der Waals surface area contributed by atoms with Gasteiger partial charge in [0, 0.05) is 16.7 Å². The van der Waals surface area contributed by atoms with Crippen LogP contribution in [0.3, 0.4) is 0 Å². The normalized spacial score (nSPS) is 10.6. The Morgan fingerprint density at radius 2 is 1.45 bits per heavy atom. The van der Waals surface area contributed by atoms with Gasteiger partial charge in [-0.15, -0.1) is 0 Å². The van der Waals surface area contributed by atoms with Crippen molar-refractivity contribution >= 4 is 21.8 Å². The first kappa shape index (κ1) is 20.7. The summed E-state index contributed by atoms with van der Waals surface area (Å²) in [5.41, 5.74) is 1.55. The number of methoxy groups -OCH3 is 2. The third kappa shape index (κ3) is 5.26. The summed E-state index contributed by atoms with van der Waals surface area (Å²) in [6.07, 6.45) is 1.59. The van der Waals surface area contributed by atoms with E-state index >= 15 is 0 Å². The highest BCUT2D eigenvalue weighted by Gasteiger charge is 2.18. The topological polar surface area (TPSA) is 69.6 Å². The van der Waals surface area contributed by atoms with E-state index in [0.29, 0.717) is 0 Å². The molecule has 150 valence electrons. The van der Waals surface area contributed by atoms with E-state index in [1.54, 1.807) is 26.5 Å². The van der Waals surface area contributed by atoms with Gasteiger partial charge in [0.1, 0.15) is 18.0 Å². The summed E-state index contributed by atoms with van der Waals surface area (Å²) in [5, 5.41) is 3.02. The number of benzene rings is 2. The van der Waals surface area contributed by atoms with Crippen molar-refractivity contribution in [3.8, 4) is 11.5 Å². The lowest BCUT2D eigenvalue weighted by Gasteiger charge is -2.21. The maximum atomic E-state index is 12.7. The zero-order chi connectivity index (χ0) is 20.8. The van der Waals surface area contributed by atoms with Crippen LogP contribution in [0.4, 0.5) is 0 Å². The molecular formula is C22H21BrN2O4. The number of halogens is 1. The zero-order valence-corrected chi connectivity index (χ0v) is 17.7. The molecule has 0 fully saturated rings. The number of carbonyl (C=O) groups excluding carboxylic acids is 1. The molecule has 0 radical (unpaired) electrons. The minimum absolute atomic E-state index is 0.0823. The molecule has 1 amide bonds. The highest BCUT2D eigenvalue weighted by molar-refractivity contribution is 9.10. The molecule has 0 saturated heterocycles. The van der Waals surface area contributed by atoms with Crippen molar-refractivity contribution in [3.63, 3.8) is 0 Å². The summed E-state index contributed by atoms with van der Waals surface area (Å²) in [7, 11) is 3.21. The van der Waals surface area contributed by atoms with Gasteiger partial charge in [-0.05, 0) is 57.4 Å². The van der Waals surface area contributed by atoms with Gasteiger partial charge in [0.2, 0.25) is 5.91 Å². The van der Waals surface area contributed by atoms with Crippen LogP contribution in [-0.2, 0) is 11.3 Å². The molecule has 0 aliphatic carbocycles. The predicted molar refractivity (Wildman–Crippen MR) is 114 cm³/mol. The van der Waals surface area contributed by atoms with E-state index in [2.05, 4.69) is 21.2 Å². The molecule has 1 aromatic heterocycles. The first-order chi connectivity index (χ1) is 14.0. The first-order valence-corrected chi connectivity index (χ1v) is 9.72. The predicted octanol–water partition coefficient (Wildman–Crippen LogP) is 3.53. The Hall–Kier alpha value is -3.06. The van der Waals surface area contributed by atoms with Crippen molar-refractivity contribution in [2.45, 2.75) is 12.6 Å². The molecule has 2 aromatic carbocycles. The Morgan fingerprint density at radius 3 is 1.93 bits per heavy atom. The second-order valence-electron chi connectivity index (χ2n) is 6.36. The lowest BCUT2D eigenvalue weighted by Crippen LogP contribution is -2.34. The van der Waals surface area contributed by atoms with Gasteiger partial charge in [-0.3, -0.25) is 9.59 Å². The smallest absolute Gasteiger partial charge is 0.251 e. The molecule has 3 aromatic rings. The first-order valence-electron chi connectivity index (χ1n) is 8.93. The number of pyridine rings is 1. The molecule has 1 N–H and O–H groups in total. The van der Waals surface area contributed by atoms with Crippen LogP contribution >= 0.6 is 15.9 Å². The fourth-order valence-electron chi connectivity index (χ4n) is 2.94. The van der Waals surface area contributed by atoms with Gasteiger partial charge in [0.25, 0.3) is 5.56 Å². The third-order valence-electron chi connectivity index (χ3n) is 4.46. The standard InChI is InChI=1S/C22H21BrN2O4/c1-28-18-8-3-15(4-9-18)22(16-5-10-19(29-2)11-6-16)24-20(26)14-25-13-17(23)7-12-21(25)27/h3-13,22H,14H2,1-2H3,(H,24,26). The Bertz CT molecular complexity index is 982. The largest absolute Gasteiger partial charge is 0.497 e. The SMILES string of the molecule is COc1ccc(C(NC(=O)Cn2cc(Br)ccc2=O)c2ccc(OC)cc2)cc1. The average Bonchev–Trinajstić information content (AvgIpc) is 2.75. The van der Waals surface area contributed by atoms with Gasteiger partial charge in [-0.1, -0.05) is 24.3 Å². The zero-order valence-electron chi connectivity index (χ0n) is 16.1. The number of nitrogens with one attached hydrogen (secondary N) is 1. The average molecular weight is 457 g/mol. The van der Waals surface area contributed by atoms with Crippen LogP contribution in [0.25, 0.3) is 0 Å². The van der Waals surface area contributed by atoms with Gasteiger partial charge >= 0.3 is 0 Å². The van der Waals surface area contributed by atoms with Crippen molar-refractivity contribution in [2.24, 2.45) is 0 Å². The molecule has 0 atom stereocenters. The number of ether oxygens (including phenoxy) is 2. The molecule has 1 heterocycles. The second-order valence-corrected chi connectivity index (χ2v) is 7.28. The van der Waals surface area contributed by atoms with Crippen LogP contribution in [0.5, 0.6) is 11.5 Å². The molecule has 0 aliphatic rings. The highest BCUT2D eigenvalue weighted by atomic mass is 79.9. The number of hydrogen-bond donors (Lipinski definition) is 1. The van der Waals surface area contributed by atoms with Crippen LogP contribution in [-0.4, -0.2) is 24.7 Å². The molecule has 0 spiro atoms.